The number of phenolic OH excluding ortho intramolecular Hbond substituents is 1. The van der Waals surface area contributed by atoms with Crippen LogP contribution in [0.2, 0.25) is 0 Å². The number of hydrogen-bond donors (Lipinski definition) is 5. The lowest BCUT2D eigenvalue weighted by Gasteiger charge is -2.36. The Kier molecular flexibility index (Phi) is 11.3. The van der Waals surface area contributed by atoms with Gasteiger partial charge in [0.2, 0.25) is 11.8 Å². The summed E-state index contributed by atoms with van der Waals surface area (Å²) in [4.78, 5) is 38.4. The molecule has 1 aromatic carbocycles. The van der Waals surface area contributed by atoms with Crippen LogP contribution in [-0.2, 0) is 14.4 Å². The molecule has 0 spiro atoms. The summed E-state index contributed by atoms with van der Waals surface area (Å²) in [6, 6.07) is 5.14. The first-order chi connectivity index (χ1) is 18.6. The number of benzene rings is 1. The average Bonchev–Trinajstić information content (AvgIpc) is 3.15. The molecule has 9 nitrogen and oxygen atoms in total. The van der Waals surface area contributed by atoms with Crippen molar-refractivity contribution in [3.63, 3.8) is 0 Å². The van der Waals surface area contributed by atoms with E-state index >= 15 is 0 Å². The number of carbonyl (C=O) groups excluding carboxylic acids is 2. The lowest BCUT2D eigenvalue weighted by atomic mass is 9.68. The third-order valence-electron chi connectivity index (χ3n) is 7.84. The zero-order chi connectivity index (χ0) is 28.7. The first-order valence-electron chi connectivity index (χ1n) is 13.5. The van der Waals surface area contributed by atoms with Crippen LogP contribution in [-0.4, -0.2) is 74.1 Å². The number of allylic oxidation sites excluding steroid dienone is 1. The third kappa shape index (κ3) is 7.36. The number of carboxylic acids is 1. The van der Waals surface area contributed by atoms with Gasteiger partial charge < -0.3 is 25.5 Å². The van der Waals surface area contributed by atoms with Crippen molar-refractivity contribution in [2.24, 2.45) is 17.8 Å². The highest BCUT2D eigenvalue weighted by Gasteiger charge is 2.54. The second-order valence-corrected chi connectivity index (χ2v) is 11.2. The number of hydrogen-bond acceptors (Lipinski definition) is 7. The van der Waals surface area contributed by atoms with Crippen LogP contribution in [0.1, 0.15) is 63.9 Å². The third-order valence-corrected chi connectivity index (χ3v) is 8.33. The Morgan fingerprint density at radius 3 is 2.54 bits per heavy atom. The average molecular weight is 609 g/mol. The zero-order valence-electron chi connectivity index (χ0n) is 22.2. The molecule has 10 heteroatoms. The predicted octanol–water partition coefficient (Wildman–Crippen LogP) is 3.64. The number of amides is 2. The SMILES string of the molecule is CC/C(=C\c1cc(Br)ccc1O)CC[C@@H](O)C1=C(CO)C[C@H]2C(=O)N(CCCCCC(=O)O)C(=O)[C@H]2[C@H]1CO. The summed E-state index contributed by atoms with van der Waals surface area (Å²) in [5.74, 6) is -3.75. The molecule has 0 radical (unpaired) electrons. The molecule has 2 aliphatic rings. The number of phenols is 1. The van der Waals surface area contributed by atoms with Crippen LogP contribution in [0.5, 0.6) is 5.75 Å². The van der Waals surface area contributed by atoms with Crippen LogP contribution < -0.4 is 0 Å². The van der Waals surface area contributed by atoms with Gasteiger partial charge in [-0.25, -0.2) is 0 Å². The van der Waals surface area contributed by atoms with Crippen molar-refractivity contribution in [3.8, 4) is 5.75 Å². The van der Waals surface area contributed by atoms with Gasteiger partial charge in [0.1, 0.15) is 5.75 Å². The van der Waals surface area contributed by atoms with Crippen LogP contribution >= 0.6 is 15.9 Å². The molecule has 214 valence electrons. The standard InChI is InChI=1S/C29H38BrNO8/c1-2-17(12-18-13-20(30)8-10-23(18)34)7-9-24(35)26-19(15-32)14-21-27(22(26)16-33)29(39)31(28(21)38)11-5-3-4-6-25(36)37/h8,10,12-13,21-22,24,27,32-35H,2-7,9,11,14-16H2,1H3,(H,36,37)/b17-12+/t21-,22+,24-,27-/m1/s1. The molecule has 4 atom stereocenters. The van der Waals surface area contributed by atoms with Crippen molar-refractivity contribution < 1.29 is 39.9 Å². The van der Waals surface area contributed by atoms with E-state index in [2.05, 4.69) is 15.9 Å². The summed E-state index contributed by atoms with van der Waals surface area (Å²) in [6.07, 6.45) is 4.01. The molecule has 2 amide bonds. The Hall–Kier alpha value is -2.53. The Balaban J connectivity index is 1.74. The van der Waals surface area contributed by atoms with E-state index in [0.29, 0.717) is 48.8 Å². The Morgan fingerprint density at radius 2 is 1.90 bits per heavy atom. The molecule has 1 aromatic rings. The number of fused-ring (bicyclic) bond motifs is 1. The van der Waals surface area contributed by atoms with E-state index in [0.717, 1.165) is 10.0 Å². The van der Waals surface area contributed by atoms with Gasteiger partial charge in [0, 0.05) is 28.9 Å². The van der Waals surface area contributed by atoms with Gasteiger partial charge >= 0.3 is 5.97 Å². The van der Waals surface area contributed by atoms with Crippen LogP contribution in [0, 0.1) is 17.8 Å². The van der Waals surface area contributed by atoms with Crippen LogP contribution in [0.3, 0.4) is 0 Å². The van der Waals surface area contributed by atoms with Crippen LogP contribution in [0.25, 0.3) is 6.08 Å². The number of carboxylic acid groups (broad SMARTS) is 1. The smallest absolute Gasteiger partial charge is 0.303 e. The maximum absolute atomic E-state index is 13.3. The number of aliphatic carboxylic acids is 1. The molecule has 0 unspecified atom stereocenters. The summed E-state index contributed by atoms with van der Waals surface area (Å²) >= 11 is 3.40. The number of aromatic hydroxyl groups is 1. The topological polar surface area (TPSA) is 156 Å². The maximum Gasteiger partial charge on any atom is 0.303 e. The molecule has 1 aliphatic heterocycles. The van der Waals surface area contributed by atoms with Crippen molar-refractivity contribution in [1.29, 1.82) is 0 Å². The minimum absolute atomic E-state index is 0.0315. The van der Waals surface area contributed by atoms with E-state index < -0.39 is 36.4 Å². The largest absolute Gasteiger partial charge is 0.507 e. The number of nitrogens with zero attached hydrogens (tertiary/aromatic N) is 1. The van der Waals surface area contributed by atoms with Crippen LogP contribution in [0.4, 0.5) is 0 Å². The number of likely N-dealkylation sites (tertiary alicyclic amines) is 1. The minimum atomic E-state index is -1.02. The fourth-order valence-corrected chi connectivity index (χ4v) is 6.18. The highest BCUT2D eigenvalue weighted by Crippen LogP contribution is 2.46. The maximum atomic E-state index is 13.3. The van der Waals surface area contributed by atoms with Gasteiger partial charge in [0.05, 0.1) is 31.2 Å². The van der Waals surface area contributed by atoms with Gasteiger partial charge in [-0.1, -0.05) is 40.9 Å². The van der Waals surface area contributed by atoms with Crippen LogP contribution in [0.15, 0.2) is 39.4 Å². The summed E-state index contributed by atoms with van der Waals surface area (Å²) < 4.78 is 0.826. The predicted molar refractivity (Wildman–Crippen MR) is 148 cm³/mol. The summed E-state index contributed by atoms with van der Waals surface area (Å²) in [6.45, 7) is 1.34. The number of rotatable bonds is 14. The molecule has 1 aliphatic carbocycles. The van der Waals surface area contributed by atoms with Gasteiger partial charge in [-0.05, 0) is 67.9 Å². The van der Waals surface area contributed by atoms with Crippen molar-refractivity contribution in [1.82, 2.24) is 4.90 Å². The van der Waals surface area contributed by atoms with Gasteiger partial charge in [-0.2, -0.15) is 0 Å². The molecule has 0 aromatic heterocycles. The van der Waals surface area contributed by atoms with Crippen molar-refractivity contribution >= 4 is 39.8 Å². The van der Waals surface area contributed by atoms with Gasteiger partial charge in [0.15, 0.2) is 0 Å². The van der Waals surface area contributed by atoms with E-state index in [1.165, 1.54) is 4.90 Å². The van der Waals surface area contributed by atoms with E-state index in [-0.39, 0.29) is 50.0 Å². The molecule has 39 heavy (non-hydrogen) atoms. The lowest BCUT2D eigenvalue weighted by Crippen LogP contribution is -2.39. The molecular weight excluding hydrogens is 570 g/mol. The molecule has 1 heterocycles. The van der Waals surface area contributed by atoms with Gasteiger partial charge in [-0.15, -0.1) is 0 Å². The first-order valence-corrected chi connectivity index (χ1v) is 14.3. The molecule has 1 saturated heterocycles. The zero-order valence-corrected chi connectivity index (χ0v) is 23.8. The molecule has 0 saturated carbocycles. The number of imide groups is 1. The summed E-state index contributed by atoms with van der Waals surface area (Å²) in [7, 11) is 0. The Morgan fingerprint density at radius 1 is 1.15 bits per heavy atom. The summed E-state index contributed by atoms with van der Waals surface area (Å²) in [5, 5.41) is 50.7. The lowest BCUT2D eigenvalue weighted by molar-refractivity contribution is -0.141. The molecular formula is C29H38BrNO8. The molecule has 5 N–H and O–H groups in total. The van der Waals surface area contributed by atoms with E-state index in [1.807, 2.05) is 13.0 Å². The molecule has 1 fully saturated rings. The van der Waals surface area contributed by atoms with Crippen molar-refractivity contribution in [2.45, 2.75) is 64.4 Å². The first kappa shape index (κ1) is 31.0. The van der Waals surface area contributed by atoms with E-state index in [4.69, 9.17) is 5.11 Å². The van der Waals surface area contributed by atoms with E-state index in [1.54, 1.807) is 18.2 Å². The fourth-order valence-electron chi connectivity index (χ4n) is 5.80. The highest BCUT2D eigenvalue weighted by molar-refractivity contribution is 9.10. The number of halogens is 1. The van der Waals surface area contributed by atoms with Gasteiger partial charge in [0.25, 0.3) is 0 Å². The second kappa shape index (κ2) is 14.2. The Labute approximate surface area is 237 Å². The molecule has 0 bridgehead atoms. The van der Waals surface area contributed by atoms with Gasteiger partial charge in [-0.3, -0.25) is 19.3 Å². The summed E-state index contributed by atoms with van der Waals surface area (Å²) in [5.41, 5.74) is 2.56. The minimum Gasteiger partial charge on any atom is -0.507 e. The van der Waals surface area contributed by atoms with E-state index in [9.17, 15) is 34.8 Å². The Bertz CT molecular complexity index is 1130. The monoisotopic (exact) mass is 607 g/mol. The number of aliphatic hydroxyl groups is 3. The number of aliphatic hydroxyl groups excluding tert-OH is 3. The highest BCUT2D eigenvalue weighted by atomic mass is 79.9. The second-order valence-electron chi connectivity index (χ2n) is 10.3. The fraction of sp³-hybridized carbons (Fsp3) is 0.552. The molecule has 3 rings (SSSR count). The normalized spacial score (nSPS) is 22.4. The van der Waals surface area contributed by atoms with Crippen molar-refractivity contribution in [3.05, 3.63) is 45.0 Å². The number of carbonyl (C=O) groups is 3. The quantitative estimate of drug-likeness (QED) is 0.122. The number of unbranched alkanes of at least 4 members (excludes halogenated alkanes) is 2. The van der Waals surface area contributed by atoms with Crippen molar-refractivity contribution in [2.75, 3.05) is 19.8 Å².